The van der Waals surface area contributed by atoms with Gasteiger partial charge in [-0.1, -0.05) is 19.3 Å². The molecule has 0 spiro atoms. The van der Waals surface area contributed by atoms with Crippen molar-refractivity contribution < 1.29 is 19.1 Å². The Morgan fingerprint density at radius 2 is 1.91 bits per heavy atom. The number of methoxy groups -OCH3 is 1. The van der Waals surface area contributed by atoms with Crippen LogP contribution in [0.15, 0.2) is 18.2 Å². The Morgan fingerprint density at radius 3 is 2.69 bits per heavy atom. The van der Waals surface area contributed by atoms with E-state index >= 15 is 0 Å². The van der Waals surface area contributed by atoms with Crippen molar-refractivity contribution in [1.82, 2.24) is 10.2 Å². The maximum absolute atomic E-state index is 13.2. The average Bonchev–Trinajstić information content (AvgIpc) is 3.16. The summed E-state index contributed by atoms with van der Waals surface area (Å²) in [6.07, 6.45) is 6.66. The van der Waals surface area contributed by atoms with Gasteiger partial charge >= 0.3 is 0 Å². The molecule has 3 amide bonds. The smallest absolute Gasteiger partial charge is 0.253 e. The number of nitrogens with one attached hydrogen (secondary N) is 2. The van der Waals surface area contributed by atoms with E-state index in [9.17, 15) is 14.4 Å². The summed E-state index contributed by atoms with van der Waals surface area (Å²) in [5, 5.41) is 6.28. The predicted octanol–water partition coefficient (Wildman–Crippen LogP) is 2.39. The highest BCUT2D eigenvalue weighted by Gasteiger charge is 2.38. The molecule has 0 radical (unpaired) electrons. The van der Waals surface area contributed by atoms with Crippen LogP contribution in [0.5, 0.6) is 0 Å². The van der Waals surface area contributed by atoms with E-state index < -0.39 is 0 Å². The number of nitrogens with zero attached hydrogens (tertiary/aromatic N) is 2. The number of carbonyl (C=O) groups is 3. The molecule has 0 aromatic heterocycles. The fourth-order valence-electron chi connectivity index (χ4n) is 5.28. The molecule has 2 aliphatic heterocycles. The second-order valence-electron chi connectivity index (χ2n) is 9.04. The zero-order chi connectivity index (χ0) is 22.5. The minimum atomic E-state index is -0.197. The highest BCUT2D eigenvalue weighted by atomic mass is 16.5. The lowest BCUT2D eigenvalue weighted by molar-refractivity contribution is -0.123. The first-order valence-corrected chi connectivity index (χ1v) is 11.8. The van der Waals surface area contributed by atoms with Crippen molar-refractivity contribution in [3.8, 4) is 0 Å². The van der Waals surface area contributed by atoms with Crippen LogP contribution >= 0.6 is 0 Å². The summed E-state index contributed by atoms with van der Waals surface area (Å²) in [7, 11) is 1.51. The van der Waals surface area contributed by atoms with Gasteiger partial charge in [0.15, 0.2) is 0 Å². The summed E-state index contributed by atoms with van der Waals surface area (Å²) in [5.74, 6) is -0.0302. The van der Waals surface area contributed by atoms with Crippen LogP contribution in [0.3, 0.4) is 0 Å². The molecule has 4 rings (SSSR count). The number of rotatable bonds is 4. The SMILES string of the molecule is COCC(=O)N1c2ccc(C(=O)N3CCCNCC3)cc2NC(=O)CC1C1CCCCC1. The van der Waals surface area contributed by atoms with E-state index in [0.717, 1.165) is 45.2 Å². The monoisotopic (exact) mass is 442 g/mol. The van der Waals surface area contributed by atoms with Gasteiger partial charge in [-0.05, 0) is 49.9 Å². The fourth-order valence-corrected chi connectivity index (χ4v) is 5.28. The Hall–Kier alpha value is -2.45. The second kappa shape index (κ2) is 10.4. The standard InChI is InChI=1S/C24H34N4O4/c1-32-16-23(30)28-20-9-8-18(24(31)27-12-5-10-25-11-13-27)14-19(20)26-22(29)15-21(28)17-6-3-2-4-7-17/h8-9,14,17,21,25H,2-7,10-13,15-16H2,1H3,(H,26,29). The van der Waals surface area contributed by atoms with Crippen LogP contribution in [-0.2, 0) is 14.3 Å². The van der Waals surface area contributed by atoms with E-state index in [1.807, 2.05) is 11.0 Å². The fraction of sp³-hybridized carbons (Fsp3) is 0.625. The van der Waals surface area contributed by atoms with Crippen molar-refractivity contribution in [3.05, 3.63) is 23.8 Å². The van der Waals surface area contributed by atoms with Gasteiger partial charge in [0.25, 0.3) is 11.8 Å². The number of carbonyl (C=O) groups excluding carboxylic acids is 3. The third-order valence-electron chi connectivity index (χ3n) is 6.86. The molecular formula is C24H34N4O4. The number of hydrogen-bond acceptors (Lipinski definition) is 5. The van der Waals surface area contributed by atoms with E-state index in [1.54, 1.807) is 17.0 Å². The Labute approximate surface area is 189 Å². The van der Waals surface area contributed by atoms with Gasteiger partial charge < -0.3 is 25.2 Å². The van der Waals surface area contributed by atoms with E-state index in [-0.39, 0.29) is 42.7 Å². The van der Waals surface area contributed by atoms with Crippen molar-refractivity contribution in [1.29, 1.82) is 0 Å². The number of hydrogen-bond donors (Lipinski definition) is 2. The molecule has 1 aromatic carbocycles. The van der Waals surface area contributed by atoms with Crippen LogP contribution in [0.2, 0.25) is 0 Å². The van der Waals surface area contributed by atoms with E-state index in [2.05, 4.69) is 10.6 Å². The van der Waals surface area contributed by atoms with Gasteiger partial charge in [0.2, 0.25) is 5.91 Å². The molecule has 2 fully saturated rings. The average molecular weight is 443 g/mol. The zero-order valence-electron chi connectivity index (χ0n) is 18.9. The molecule has 1 atom stereocenters. The molecule has 8 heteroatoms. The molecule has 0 bridgehead atoms. The van der Waals surface area contributed by atoms with Crippen LogP contribution in [0, 0.1) is 5.92 Å². The van der Waals surface area contributed by atoms with Crippen molar-refractivity contribution in [2.24, 2.45) is 5.92 Å². The summed E-state index contributed by atoms with van der Waals surface area (Å²) in [4.78, 5) is 42.8. The molecule has 8 nitrogen and oxygen atoms in total. The molecular weight excluding hydrogens is 408 g/mol. The van der Waals surface area contributed by atoms with Gasteiger partial charge in [0.1, 0.15) is 6.61 Å². The third-order valence-corrected chi connectivity index (χ3v) is 6.86. The third kappa shape index (κ3) is 4.96. The number of fused-ring (bicyclic) bond motifs is 1. The summed E-state index contributed by atoms with van der Waals surface area (Å²) in [6.45, 7) is 3.00. The van der Waals surface area contributed by atoms with Gasteiger partial charge in [-0.3, -0.25) is 14.4 Å². The predicted molar refractivity (Wildman–Crippen MR) is 123 cm³/mol. The minimum absolute atomic E-state index is 0.0433. The first-order valence-electron chi connectivity index (χ1n) is 11.8. The summed E-state index contributed by atoms with van der Waals surface area (Å²) in [5.41, 5.74) is 1.71. The molecule has 1 aliphatic carbocycles. The first-order chi connectivity index (χ1) is 15.6. The van der Waals surface area contributed by atoms with Crippen LogP contribution in [0.25, 0.3) is 0 Å². The minimum Gasteiger partial charge on any atom is -0.375 e. The van der Waals surface area contributed by atoms with Crippen molar-refractivity contribution in [3.63, 3.8) is 0 Å². The van der Waals surface area contributed by atoms with Crippen LogP contribution in [-0.4, -0.2) is 68.6 Å². The first kappa shape index (κ1) is 22.7. The molecule has 1 saturated heterocycles. The zero-order valence-corrected chi connectivity index (χ0v) is 18.9. The summed E-state index contributed by atoms with van der Waals surface area (Å²) in [6, 6.07) is 5.12. The van der Waals surface area contributed by atoms with Crippen LogP contribution in [0.1, 0.15) is 55.3 Å². The highest BCUT2D eigenvalue weighted by Crippen LogP contribution is 2.39. The van der Waals surface area contributed by atoms with Crippen molar-refractivity contribution >= 4 is 29.1 Å². The number of ether oxygens (including phenoxy) is 1. The second-order valence-corrected chi connectivity index (χ2v) is 9.04. The van der Waals surface area contributed by atoms with Crippen LogP contribution < -0.4 is 15.5 Å². The molecule has 174 valence electrons. The molecule has 32 heavy (non-hydrogen) atoms. The Balaban J connectivity index is 1.67. The van der Waals surface area contributed by atoms with Gasteiger partial charge in [0.05, 0.1) is 11.4 Å². The lowest BCUT2D eigenvalue weighted by Gasteiger charge is -2.37. The van der Waals surface area contributed by atoms with Gasteiger partial charge in [-0.2, -0.15) is 0 Å². The largest absolute Gasteiger partial charge is 0.375 e. The van der Waals surface area contributed by atoms with Crippen molar-refractivity contribution in [2.75, 3.05) is 50.1 Å². The number of anilines is 2. The van der Waals surface area contributed by atoms with Gasteiger partial charge in [0, 0.05) is 44.8 Å². The van der Waals surface area contributed by atoms with E-state index in [4.69, 9.17) is 4.74 Å². The normalized spacial score (nSPS) is 22.5. The lowest BCUT2D eigenvalue weighted by Crippen LogP contribution is -2.47. The van der Waals surface area contributed by atoms with E-state index in [1.165, 1.54) is 13.5 Å². The molecule has 2 N–H and O–H groups in total. The highest BCUT2D eigenvalue weighted by molar-refractivity contribution is 6.06. The number of benzene rings is 1. The van der Waals surface area contributed by atoms with Gasteiger partial charge in [-0.15, -0.1) is 0 Å². The quantitative estimate of drug-likeness (QED) is 0.747. The molecule has 2 heterocycles. The van der Waals surface area contributed by atoms with Gasteiger partial charge in [-0.25, -0.2) is 0 Å². The van der Waals surface area contributed by atoms with E-state index in [0.29, 0.717) is 30.0 Å². The number of amides is 3. The summed E-state index contributed by atoms with van der Waals surface area (Å²) < 4.78 is 5.17. The van der Waals surface area contributed by atoms with Crippen LogP contribution in [0.4, 0.5) is 11.4 Å². The maximum Gasteiger partial charge on any atom is 0.253 e. The molecule has 3 aliphatic rings. The lowest BCUT2D eigenvalue weighted by atomic mass is 9.81. The Kier molecular flexibility index (Phi) is 7.42. The Bertz CT molecular complexity index is 844. The maximum atomic E-state index is 13.2. The molecule has 1 aromatic rings. The Morgan fingerprint density at radius 1 is 1.09 bits per heavy atom. The molecule has 1 saturated carbocycles. The molecule has 1 unspecified atom stereocenters. The van der Waals surface area contributed by atoms with Crippen molar-refractivity contribution in [2.45, 2.75) is 51.0 Å². The topological polar surface area (TPSA) is 91.0 Å². The summed E-state index contributed by atoms with van der Waals surface area (Å²) >= 11 is 0.